The first-order valence-electron chi connectivity index (χ1n) is 8.73. The third-order valence-corrected chi connectivity index (χ3v) is 6.62. The van der Waals surface area contributed by atoms with Crippen molar-refractivity contribution in [3.8, 4) is 0 Å². The van der Waals surface area contributed by atoms with Crippen LogP contribution in [0.3, 0.4) is 0 Å². The average Bonchev–Trinajstić information content (AvgIpc) is 2.63. The molecule has 2 aromatic carbocycles. The van der Waals surface area contributed by atoms with E-state index in [1.165, 1.54) is 5.57 Å². The zero-order valence-electron chi connectivity index (χ0n) is 15.1. The Labute approximate surface area is 155 Å². The molecule has 136 valence electrons. The molecule has 2 aromatic rings. The summed E-state index contributed by atoms with van der Waals surface area (Å²) in [4.78, 5) is 11.7. The number of carbonyl (C=O) groups excluding carboxylic acids is 1. The SMILES string of the molecule is CC(=O)c1ccc(C=C2CCN(S(=O)(=O)c3ccc(C)cc3)CC2)cc1. The Kier molecular flexibility index (Phi) is 5.39. The van der Waals surface area contributed by atoms with Crippen LogP contribution < -0.4 is 0 Å². The number of rotatable bonds is 4. The summed E-state index contributed by atoms with van der Waals surface area (Å²) in [7, 11) is -3.42. The number of piperidine rings is 1. The molecule has 0 amide bonds. The second-order valence-electron chi connectivity index (χ2n) is 6.70. The highest BCUT2D eigenvalue weighted by molar-refractivity contribution is 7.89. The van der Waals surface area contributed by atoms with E-state index < -0.39 is 10.0 Å². The maximum Gasteiger partial charge on any atom is 0.243 e. The van der Waals surface area contributed by atoms with Crippen LogP contribution >= 0.6 is 0 Å². The molecule has 5 heteroatoms. The predicted octanol–water partition coefficient (Wildman–Crippen LogP) is 4.07. The average molecular weight is 369 g/mol. The number of ketones is 1. The van der Waals surface area contributed by atoms with Crippen molar-refractivity contribution in [1.29, 1.82) is 0 Å². The van der Waals surface area contributed by atoms with E-state index in [4.69, 9.17) is 0 Å². The molecule has 4 nitrogen and oxygen atoms in total. The lowest BCUT2D eigenvalue weighted by atomic mass is 10.0. The quantitative estimate of drug-likeness (QED) is 0.764. The summed E-state index contributed by atoms with van der Waals surface area (Å²) < 4.78 is 27.0. The Morgan fingerprint density at radius 1 is 0.962 bits per heavy atom. The van der Waals surface area contributed by atoms with Crippen LogP contribution in [0.4, 0.5) is 0 Å². The van der Waals surface area contributed by atoms with Crippen molar-refractivity contribution in [2.45, 2.75) is 31.6 Å². The van der Waals surface area contributed by atoms with Crippen molar-refractivity contribution < 1.29 is 13.2 Å². The molecule has 0 unspecified atom stereocenters. The monoisotopic (exact) mass is 369 g/mol. The normalized spacial score (nSPS) is 15.7. The molecule has 0 bridgehead atoms. The summed E-state index contributed by atoms with van der Waals surface area (Å²) in [5.74, 6) is 0.0545. The highest BCUT2D eigenvalue weighted by Crippen LogP contribution is 2.25. The van der Waals surface area contributed by atoms with E-state index in [2.05, 4.69) is 6.08 Å². The predicted molar refractivity (Wildman–Crippen MR) is 104 cm³/mol. The minimum absolute atomic E-state index is 0.0545. The Morgan fingerprint density at radius 3 is 2.08 bits per heavy atom. The van der Waals surface area contributed by atoms with Crippen molar-refractivity contribution in [2.24, 2.45) is 0 Å². The lowest BCUT2D eigenvalue weighted by Crippen LogP contribution is -2.36. The van der Waals surface area contributed by atoms with E-state index in [0.29, 0.717) is 23.5 Å². The number of Topliss-reactive ketones (excluding diaryl/α,β-unsaturated/α-hetero) is 1. The van der Waals surface area contributed by atoms with Crippen molar-refractivity contribution in [2.75, 3.05) is 13.1 Å². The van der Waals surface area contributed by atoms with Crippen LogP contribution in [0.15, 0.2) is 59.0 Å². The van der Waals surface area contributed by atoms with Crippen LogP contribution in [-0.4, -0.2) is 31.6 Å². The lowest BCUT2D eigenvalue weighted by Gasteiger charge is -2.27. The molecule has 3 rings (SSSR count). The van der Waals surface area contributed by atoms with Gasteiger partial charge >= 0.3 is 0 Å². The van der Waals surface area contributed by atoms with Gasteiger partial charge < -0.3 is 0 Å². The summed E-state index contributed by atoms with van der Waals surface area (Å²) >= 11 is 0. The molecule has 1 heterocycles. The van der Waals surface area contributed by atoms with Crippen molar-refractivity contribution in [1.82, 2.24) is 4.31 Å². The Hall–Kier alpha value is -2.24. The van der Waals surface area contributed by atoms with E-state index in [1.807, 2.05) is 43.3 Å². The number of benzene rings is 2. The summed E-state index contributed by atoms with van der Waals surface area (Å²) in [5, 5.41) is 0. The highest BCUT2D eigenvalue weighted by atomic mass is 32.2. The smallest absolute Gasteiger partial charge is 0.243 e. The third kappa shape index (κ3) is 4.11. The van der Waals surface area contributed by atoms with Gasteiger partial charge in [-0.05, 0) is 44.4 Å². The zero-order valence-corrected chi connectivity index (χ0v) is 15.9. The molecule has 26 heavy (non-hydrogen) atoms. The lowest BCUT2D eigenvalue weighted by molar-refractivity contribution is 0.101. The van der Waals surface area contributed by atoms with Crippen LogP contribution in [0.2, 0.25) is 0 Å². The first-order valence-corrected chi connectivity index (χ1v) is 10.2. The Bertz CT molecular complexity index is 916. The van der Waals surface area contributed by atoms with E-state index >= 15 is 0 Å². The van der Waals surface area contributed by atoms with Gasteiger partial charge in [-0.1, -0.05) is 53.6 Å². The maximum atomic E-state index is 12.7. The number of aryl methyl sites for hydroxylation is 1. The molecule has 1 aliphatic heterocycles. The zero-order chi connectivity index (χ0) is 18.7. The molecule has 1 fully saturated rings. The van der Waals surface area contributed by atoms with Gasteiger partial charge in [-0.15, -0.1) is 0 Å². The largest absolute Gasteiger partial charge is 0.295 e. The second-order valence-corrected chi connectivity index (χ2v) is 8.64. The van der Waals surface area contributed by atoms with E-state index in [-0.39, 0.29) is 5.78 Å². The topological polar surface area (TPSA) is 54.5 Å². The molecular formula is C21H23NO3S. The Morgan fingerprint density at radius 2 is 1.54 bits per heavy atom. The molecule has 0 atom stereocenters. The molecule has 0 spiro atoms. The van der Waals surface area contributed by atoms with Crippen molar-refractivity contribution >= 4 is 21.9 Å². The van der Waals surface area contributed by atoms with E-state index in [1.54, 1.807) is 23.4 Å². The number of nitrogens with zero attached hydrogens (tertiary/aromatic N) is 1. The molecular weight excluding hydrogens is 346 g/mol. The van der Waals surface area contributed by atoms with Crippen molar-refractivity contribution in [3.05, 3.63) is 70.8 Å². The molecule has 0 N–H and O–H groups in total. The number of hydrogen-bond donors (Lipinski definition) is 0. The molecule has 0 saturated carbocycles. The van der Waals surface area contributed by atoms with Gasteiger partial charge in [0.15, 0.2) is 5.78 Å². The molecule has 1 aliphatic rings. The minimum Gasteiger partial charge on any atom is -0.295 e. The van der Waals surface area contributed by atoms with Crippen LogP contribution in [0, 0.1) is 6.92 Å². The summed E-state index contributed by atoms with van der Waals surface area (Å²) in [6.45, 7) is 4.48. The fraction of sp³-hybridized carbons (Fsp3) is 0.286. The first-order chi connectivity index (χ1) is 12.4. The first kappa shape index (κ1) is 18.5. The van der Waals surface area contributed by atoms with Gasteiger partial charge in [0, 0.05) is 18.7 Å². The second kappa shape index (κ2) is 7.56. The molecule has 0 aliphatic carbocycles. The molecule has 0 radical (unpaired) electrons. The van der Waals surface area contributed by atoms with Crippen LogP contribution in [-0.2, 0) is 10.0 Å². The van der Waals surface area contributed by atoms with Gasteiger partial charge in [-0.25, -0.2) is 8.42 Å². The van der Waals surface area contributed by atoms with E-state index in [0.717, 1.165) is 24.0 Å². The number of hydrogen-bond acceptors (Lipinski definition) is 3. The van der Waals surface area contributed by atoms with Gasteiger partial charge in [0.05, 0.1) is 4.90 Å². The van der Waals surface area contributed by atoms with Gasteiger partial charge in [-0.3, -0.25) is 4.79 Å². The van der Waals surface area contributed by atoms with Gasteiger partial charge in [0.25, 0.3) is 0 Å². The fourth-order valence-corrected chi connectivity index (χ4v) is 4.51. The summed E-state index contributed by atoms with van der Waals surface area (Å²) in [6.07, 6.45) is 3.54. The van der Waals surface area contributed by atoms with Crippen LogP contribution in [0.25, 0.3) is 6.08 Å². The van der Waals surface area contributed by atoms with Gasteiger partial charge in [0.2, 0.25) is 10.0 Å². The van der Waals surface area contributed by atoms with E-state index in [9.17, 15) is 13.2 Å². The van der Waals surface area contributed by atoms with Gasteiger partial charge in [-0.2, -0.15) is 4.31 Å². The minimum atomic E-state index is -3.42. The van der Waals surface area contributed by atoms with Crippen molar-refractivity contribution in [3.63, 3.8) is 0 Å². The standard InChI is InChI=1S/C21H23NO3S/c1-16-3-9-21(10-4-16)26(24,25)22-13-11-19(12-14-22)15-18-5-7-20(8-6-18)17(2)23/h3-10,15H,11-14H2,1-2H3. The number of sulfonamides is 1. The Balaban J connectivity index is 1.68. The molecule has 1 saturated heterocycles. The summed E-state index contributed by atoms with van der Waals surface area (Å²) in [6, 6.07) is 14.5. The van der Waals surface area contributed by atoms with Crippen LogP contribution in [0.5, 0.6) is 0 Å². The molecule has 0 aromatic heterocycles. The van der Waals surface area contributed by atoms with Gasteiger partial charge in [0.1, 0.15) is 0 Å². The summed E-state index contributed by atoms with van der Waals surface area (Å²) in [5.41, 5.74) is 4.02. The highest BCUT2D eigenvalue weighted by Gasteiger charge is 2.27. The maximum absolute atomic E-state index is 12.7. The fourth-order valence-electron chi connectivity index (χ4n) is 3.07. The third-order valence-electron chi connectivity index (χ3n) is 4.71. The number of carbonyl (C=O) groups is 1. The van der Waals surface area contributed by atoms with Crippen LogP contribution in [0.1, 0.15) is 41.3 Å².